The second-order valence-electron chi connectivity index (χ2n) is 5.63. The number of nitrogens with one attached hydrogen (secondary N) is 2. The van der Waals surface area contributed by atoms with Crippen LogP contribution < -0.4 is 15.4 Å². The molecule has 2 rings (SSSR count). The van der Waals surface area contributed by atoms with Crippen LogP contribution >= 0.6 is 15.9 Å². The van der Waals surface area contributed by atoms with Crippen LogP contribution in [0.3, 0.4) is 0 Å². The minimum Gasteiger partial charge on any atom is -0.497 e. The van der Waals surface area contributed by atoms with Crippen LogP contribution in [0, 0.1) is 0 Å². The van der Waals surface area contributed by atoms with E-state index in [9.17, 15) is 4.79 Å². The van der Waals surface area contributed by atoms with Gasteiger partial charge in [-0.05, 0) is 48.7 Å². The van der Waals surface area contributed by atoms with Gasteiger partial charge in [0.05, 0.1) is 19.2 Å². The van der Waals surface area contributed by atoms with Crippen molar-refractivity contribution >= 4 is 22.0 Å². The zero-order valence-electron chi connectivity index (χ0n) is 14.2. The van der Waals surface area contributed by atoms with Crippen molar-refractivity contribution in [2.75, 3.05) is 7.11 Å². The minimum atomic E-state index is -0.173. The highest BCUT2D eigenvalue weighted by atomic mass is 79.9. The van der Waals surface area contributed by atoms with Gasteiger partial charge in [-0.25, -0.2) is 4.79 Å². The minimum absolute atomic E-state index is 0.0342. The molecule has 0 aromatic heterocycles. The number of amides is 2. The van der Waals surface area contributed by atoms with E-state index < -0.39 is 0 Å². The molecule has 0 heterocycles. The van der Waals surface area contributed by atoms with Gasteiger partial charge < -0.3 is 15.4 Å². The molecule has 2 aromatic rings. The molecule has 128 valence electrons. The van der Waals surface area contributed by atoms with Gasteiger partial charge in [-0.3, -0.25) is 0 Å². The summed E-state index contributed by atoms with van der Waals surface area (Å²) in [5, 5.41) is 6.02. The van der Waals surface area contributed by atoms with Gasteiger partial charge in [0, 0.05) is 4.47 Å². The molecule has 0 fully saturated rings. The van der Waals surface area contributed by atoms with E-state index in [1.54, 1.807) is 7.11 Å². The molecular formula is C19H23BrN2O2. The van der Waals surface area contributed by atoms with Gasteiger partial charge in [-0.1, -0.05) is 47.1 Å². The standard InChI is InChI=1S/C19H23BrN2O2/c1-4-18(15-7-11-17(24-3)12-8-15)22-19(23)21-13(2)14-5-9-16(20)10-6-14/h5-13,18H,4H2,1-3H3,(H2,21,22,23). The normalized spacial score (nSPS) is 13.0. The number of carbonyl (C=O) groups excluding carboxylic acids is 1. The number of carbonyl (C=O) groups is 1. The first-order valence-electron chi connectivity index (χ1n) is 8.00. The van der Waals surface area contributed by atoms with Crippen molar-refractivity contribution in [3.05, 3.63) is 64.1 Å². The van der Waals surface area contributed by atoms with E-state index in [4.69, 9.17) is 4.74 Å². The molecule has 0 saturated heterocycles. The van der Waals surface area contributed by atoms with E-state index in [0.29, 0.717) is 0 Å². The maximum Gasteiger partial charge on any atom is 0.315 e. The van der Waals surface area contributed by atoms with E-state index in [2.05, 4.69) is 26.6 Å². The van der Waals surface area contributed by atoms with Gasteiger partial charge in [-0.15, -0.1) is 0 Å². The molecule has 0 aliphatic heterocycles. The Labute approximate surface area is 151 Å². The average molecular weight is 391 g/mol. The Morgan fingerprint density at radius 1 is 1.04 bits per heavy atom. The van der Waals surface area contributed by atoms with Gasteiger partial charge in [0.2, 0.25) is 0 Å². The molecule has 2 aromatic carbocycles. The lowest BCUT2D eigenvalue weighted by atomic mass is 10.0. The van der Waals surface area contributed by atoms with Crippen molar-refractivity contribution in [3.8, 4) is 5.75 Å². The highest BCUT2D eigenvalue weighted by Crippen LogP contribution is 2.21. The molecule has 2 amide bonds. The van der Waals surface area contributed by atoms with Crippen LogP contribution in [0.15, 0.2) is 53.0 Å². The smallest absolute Gasteiger partial charge is 0.315 e. The summed E-state index contributed by atoms with van der Waals surface area (Å²) in [5.41, 5.74) is 2.12. The van der Waals surface area contributed by atoms with Gasteiger partial charge in [0.15, 0.2) is 0 Å². The number of hydrogen-bond acceptors (Lipinski definition) is 2. The number of halogens is 1. The van der Waals surface area contributed by atoms with Crippen LogP contribution in [0.5, 0.6) is 5.75 Å². The number of ether oxygens (including phenoxy) is 1. The van der Waals surface area contributed by atoms with Crippen LogP contribution in [0.2, 0.25) is 0 Å². The summed E-state index contributed by atoms with van der Waals surface area (Å²) in [4.78, 5) is 12.3. The highest BCUT2D eigenvalue weighted by molar-refractivity contribution is 9.10. The summed E-state index contributed by atoms with van der Waals surface area (Å²) in [5.74, 6) is 0.807. The molecule has 0 spiro atoms. The maximum atomic E-state index is 12.3. The first kappa shape index (κ1) is 18.3. The van der Waals surface area contributed by atoms with E-state index in [0.717, 1.165) is 27.8 Å². The fourth-order valence-corrected chi connectivity index (χ4v) is 2.75. The monoisotopic (exact) mass is 390 g/mol. The molecule has 0 radical (unpaired) electrons. The Bertz CT molecular complexity index is 656. The van der Waals surface area contributed by atoms with E-state index in [-0.39, 0.29) is 18.1 Å². The first-order valence-corrected chi connectivity index (χ1v) is 8.79. The summed E-state index contributed by atoms with van der Waals surface area (Å²) < 4.78 is 6.19. The number of methoxy groups -OCH3 is 1. The lowest BCUT2D eigenvalue weighted by Gasteiger charge is -2.21. The largest absolute Gasteiger partial charge is 0.497 e. The zero-order chi connectivity index (χ0) is 17.5. The third-order valence-corrected chi connectivity index (χ3v) is 4.48. The number of hydrogen-bond donors (Lipinski definition) is 2. The lowest BCUT2D eigenvalue weighted by Crippen LogP contribution is -2.39. The Morgan fingerprint density at radius 3 is 2.17 bits per heavy atom. The van der Waals surface area contributed by atoms with E-state index >= 15 is 0 Å². The van der Waals surface area contributed by atoms with Crippen molar-refractivity contribution in [2.45, 2.75) is 32.4 Å². The molecule has 24 heavy (non-hydrogen) atoms. The van der Waals surface area contributed by atoms with Gasteiger partial charge in [0.1, 0.15) is 5.75 Å². The molecule has 2 atom stereocenters. The number of rotatable bonds is 6. The number of benzene rings is 2. The summed E-state index contributed by atoms with van der Waals surface area (Å²) in [6.07, 6.45) is 0.812. The van der Waals surface area contributed by atoms with Crippen LogP contribution in [0.1, 0.15) is 43.5 Å². The second-order valence-corrected chi connectivity index (χ2v) is 6.54. The quantitative estimate of drug-likeness (QED) is 0.731. The molecule has 0 aliphatic rings. The Hall–Kier alpha value is -2.01. The molecular weight excluding hydrogens is 368 g/mol. The Kier molecular flexibility index (Phi) is 6.67. The molecule has 2 N–H and O–H groups in total. The predicted molar refractivity (Wildman–Crippen MR) is 100 cm³/mol. The van der Waals surface area contributed by atoms with Gasteiger partial charge in [0.25, 0.3) is 0 Å². The summed E-state index contributed by atoms with van der Waals surface area (Å²) >= 11 is 3.41. The average Bonchev–Trinajstić information content (AvgIpc) is 2.60. The van der Waals surface area contributed by atoms with Crippen molar-refractivity contribution < 1.29 is 9.53 Å². The summed E-state index contributed by atoms with van der Waals surface area (Å²) in [6, 6.07) is 15.4. The third-order valence-electron chi connectivity index (χ3n) is 3.95. The second kappa shape index (κ2) is 8.73. The van der Waals surface area contributed by atoms with Crippen molar-refractivity contribution in [3.63, 3.8) is 0 Å². The van der Waals surface area contributed by atoms with E-state index in [1.807, 2.05) is 62.4 Å². The molecule has 2 unspecified atom stereocenters. The zero-order valence-corrected chi connectivity index (χ0v) is 15.8. The lowest BCUT2D eigenvalue weighted by molar-refractivity contribution is 0.233. The topological polar surface area (TPSA) is 50.4 Å². The first-order chi connectivity index (χ1) is 11.5. The van der Waals surface area contributed by atoms with Crippen molar-refractivity contribution in [1.82, 2.24) is 10.6 Å². The van der Waals surface area contributed by atoms with Crippen LogP contribution in [0.4, 0.5) is 4.79 Å². The Balaban J connectivity index is 1.96. The molecule has 0 aliphatic carbocycles. The molecule has 0 bridgehead atoms. The van der Waals surface area contributed by atoms with Gasteiger partial charge >= 0.3 is 6.03 Å². The van der Waals surface area contributed by atoms with Crippen molar-refractivity contribution in [1.29, 1.82) is 0 Å². The third kappa shape index (κ3) is 4.99. The highest BCUT2D eigenvalue weighted by Gasteiger charge is 2.15. The summed E-state index contributed by atoms with van der Waals surface area (Å²) in [7, 11) is 1.64. The molecule has 0 saturated carbocycles. The molecule has 5 heteroatoms. The van der Waals surface area contributed by atoms with Crippen LogP contribution in [0.25, 0.3) is 0 Å². The fourth-order valence-electron chi connectivity index (χ4n) is 2.49. The van der Waals surface area contributed by atoms with Crippen molar-refractivity contribution in [2.24, 2.45) is 0 Å². The van der Waals surface area contributed by atoms with Crippen LogP contribution in [-0.2, 0) is 0 Å². The maximum absolute atomic E-state index is 12.3. The predicted octanol–water partition coefficient (Wildman–Crippen LogP) is 4.97. The number of urea groups is 1. The van der Waals surface area contributed by atoms with Crippen LogP contribution in [-0.4, -0.2) is 13.1 Å². The Morgan fingerprint density at radius 2 is 1.62 bits per heavy atom. The summed E-state index contributed by atoms with van der Waals surface area (Å²) in [6.45, 7) is 4.02. The fraction of sp³-hybridized carbons (Fsp3) is 0.316. The SMILES string of the molecule is CCC(NC(=O)NC(C)c1ccc(Br)cc1)c1ccc(OC)cc1. The molecule has 4 nitrogen and oxygen atoms in total. The van der Waals surface area contributed by atoms with Gasteiger partial charge in [-0.2, -0.15) is 0 Å². The van der Waals surface area contributed by atoms with E-state index in [1.165, 1.54) is 0 Å².